The maximum atomic E-state index is 12.3. The minimum Gasteiger partial charge on any atom is -0.394 e. The Labute approximate surface area is 375 Å². The smallest absolute Gasteiger partial charge is 0.220 e. The highest BCUT2D eigenvalue weighted by Crippen LogP contribution is 2.17. The van der Waals surface area contributed by atoms with Crippen molar-refractivity contribution in [1.29, 1.82) is 0 Å². The Hall–Kier alpha value is -1.65. The zero-order chi connectivity index (χ0) is 43.5. The van der Waals surface area contributed by atoms with Gasteiger partial charge in [0, 0.05) is 6.42 Å². The quantitative estimate of drug-likeness (QED) is 0.0422. The summed E-state index contributed by atoms with van der Waals surface area (Å²) in [5, 5.41) is 22.8. The minimum absolute atomic E-state index is 0.0649. The second-order valence-corrected chi connectivity index (χ2v) is 18.3. The third kappa shape index (κ3) is 47.4. The molecule has 2 unspecified atom stereocenters. The number of rotatable bonds is 49. The van der Waals surface area contributed by atoms with Gasteiger partial charge >= 0.3 is 0 Å². The molecule has 0 aromatic carbocycles. The second-order valence-electron chi connectivity index (χ2n) is 18.3. The third-order valence-electron chi connectivity index (χ3n) is 12.3. The van der Waals surface area contributed by atoms with Gasteiger partial charge in [-0.3, -0.25) is 4.79 Å². The molecule has 0 saturated heterocycles. The monoisotopic (exact) mass is 840 g/mol. The molecule has 4 heteroatoms. The molecule has 2 atom stereocenters. The van der Waals surface area contributed by atoms with Crippen molar-refractivity contribution in [3.05, 3.63) is 48.6 Å². The van der Waals surface area contributed by atoms with E-state index in [1.165, 1.54) is 225 Å². The molecule has 352 valence electrons. The average molecular weight is 840 g/mol. The molecule has 0 radical (unpaired) electrons. The van der Waals surface area contributed by atoms with Crippen molar-refractivity contribution in [1.82, 2.24) is 5.32 Å². The first kappa shape index (κ1) is 58.4. The van der Waals surface area contributed by atoms with Gasteiger partial charge in [0.05, 0.1) is 18.8 Å². The van der Waals surface area contributed by atoms with Gasteiger partial charge in [-0.25, -0.2) is 0 Å². The lowest BCUT2D eigenvalue weighted by atomic mass is 10.0. The van der Waals surface area contributed by atoms with E-state index in [4.69, 9.17) is 0 Å². The standard InChI is InChI=1S/C56H105NO3/c1-3-5-7-9-11-12-13-14-15-16-17-18-19-20-21-22-23-24-25-26-27-28-29-30-31-32-33-34-35-36-37-38-39-40-41-42-43-44-46-48-50-52-56(60)57-54(53-58)55(59)51-49-47-45-10-8-6-4-2/h13-14,16-17,19-20,49,51,54-55,58-59H,3-12,15,18,21-48,50,52-53H2,1-2H3,(H,57,60)/b14-13-,17-16-,20-19-,51-49+. The van der Waals surface area contributed by atoms with Crippen LogP contribution in [0.3, 0.4) is 0 Å². The highest BCUT2D eigenvalue weighted by atomic mass is 16.3. The van der Waals surface area contributed by atoms with Crippen LogP contribution < -0.4 is 5.32 Å². The molecule has 0 rings (SSSR count). The molecule has 0 bridgehead atoms. The number of carbonyl (C=O) groups is 1. The minimum atomic E-state index is -0.834. The van der Waals surface area contributed by atoms with Crippen LogP contribution in [0.2, 0.25) is 0 Å². The number of aliphatic hydroxyl groups is 2. The largest absolute Gasteiger partial charge is 0.394 e. The lowest BCUT2D eigenvalue weighted by Gasteiger charge is -2.20. The molecule has 0 aliphatic rings. The number of aliphatic hydroxyl groups excluding tert-OH is 2. The van der Waals surface area contributed by atoms with Crippen LogP contribution in [0.5, 0.6) is 0 Å². The topological polar surface area (TPSA) is 69.6 Å². The SMILES string of the molecule is CCCCCCC/C=C\C/C=C\C/C=C\CCCCCCCCCCCCCCCCCCCCCCCCCCCCC(=O)NC(CO)C(O)/C=C/CCCCCCC. The number of unbranched alkanes of at least 4 members (excludes halogenated alkanes) is 36. The van der Waals surface area contributed by atoms with Gasteiger partial charge in [-0.05, 0) is 57.8 Å². The fourth-order valence-corrected chi connectivity index (χ4v) is 8.19. The lowest BCUT2D eigenvalue weighted by molar-refractivity contribution is -0.123. The van der Waals surface area contributed by atoms with Crippen LogP contribution in [0.4, 0.5) is 0 Å². The Morgan fingerprint density at radius 2 is 0.683 bits per heavy atom. The Bertz CT molecular complexity index is 954. The maximum absolute atomic E-state index is 12.3. The van der Waals surface area contributed by atoms with Gasteiger partial charge in [0.2, 0.25) is 5.91 Å². The van der Waals surface area contributed by atoms with Crippen LogP contribution in [-0.4, -0.2) is 34.9 Å². The third-order valence-corrected chi connectivity index (χ3v) is 12.3. The van der Waals surface area contributed by atoms with E-state index in [1.807, 2.05) is 6.08 Å². The zero-order valence-corrected chi connectivity index (χ0v) is 40.5. The Balaban J connectivity index is 3.33. The predicted molar refractivity (Wildman–Crippen MR) is 267 cm³/mol. The molecule has 1 amide bonds. The molecule has 0 spiro atoms. The molecule has 0 fully saturated rings. The second kappa shape index (κ2) is 51.7. The molecule has 0 aliphatic carbocycles. The summed E-state index contributed by atoms with van der Waals surface area (Å²) in [6, 6.07) is -0.617. The summed E-state index contributed by atoms with van der Waals surface area (Å²) < 4.78 is 0. The van der Waals surface area contributed by atoms with Crippen LogP contribution in [0.15, 0.2) is 48.6 Å². The molecule has 60 heavy (non-hydrogen) atoms. The fraction of sp³-hybridized carbons (Fsp3) is 0.839. The normalized spacial score (nSPS) is 13.2. The zero-order valence-electron chi connectivity index (χ0n) is 40.5. The number of hydrogen-bond donors (Lipinski definition) is 3. The number of allylic oxidation sites excluding steroid dienone is 7. The summed E-state index contributed by atoms with van der Waals surface area (Å²) in [4.78, 5) is 12.3. The Kier molecular flexibility index (Phi) is 50.3. The first-order chi connectivity index (χ1) is 29.7. The first-order valence-corrected chi connectivity index (χ1v) is 26.9. The van der Waals surface area contributed by atoms with Gasteiger partial charge in [0.15, 0.2) is 0 Å². The van der Waals surface area contributed by atoms with Gasteiger partial charge in [-0.2, -0.15) is 0 Å². The van der Waals surface area contributed by atoms with Crippen molar-refractivity contribution >= 4 is 5.91 Å². The summed E-state index contributed by atoms with van der Waals surface area (Å²) in [5.41, 5.74) is 0. The molecular weight excluding hydrogens is 735 g/mol. The summed E-state index contributed by atoms with van der Waals surface area (Å²) in [7, 11) is 0. The fourth-order valence-electron chi connectivity index (χ4n) is 8.19. The number of amides is 1. The summed E-state index contributed by atoms with van der Waals surface area (Å²) in [6.45, 7) is 4.25. The Morgan fingerprint density at radius 1 is 0.400 bits per heavy atom. The van der Waals surface area contributed by atoms with E-state index < -0.39 is 12.1 Å². The molecule has 0 aromatic rings. The van der Waals surface area contributed by atoms with Crippen LogP contribution >= 0.6 is 0 Å². The maximum Gasteiger partial charge on any atom is 0.220 e. The van der Waals surface area contributed by atoms with Crippen molar-refractivity contribution in [2.75, 3.05) is 6.61 Å². The van der Waals surface area contributed by atoms with E-state index >= 15 is 0 Å². The van der Waals surface area contributed by atoms with Gasteiger partial charge in [0.25, 0.3) is 0 Å². The molecule has 4 nitrogen and oxygen atoms in total. The molecule has 0 heterocycles. The van der Waals surface area contributed by atoms with Crippen LogP contribution in [0.25, 0.3) is 0 Å². The number of carbonyl (C=O) groups excluding carboxylic acids is 1. The highest BCUT2D eigenvalue weighted by molar-refractivity contribution is 5.76. The van der Waals surface area contributed by atoms with E-state index in [-0.39, 0.29) is 12.5 Å². The summed E-state index contributed by atoms with van der Waals surface area (Å²) in [5.74, 6) is -0.0649. The van der Waals surface area contributed by atoms with Crippen LogP contribution in [0.1, 0.15) is 284 Å². The summed E-state index contributed by atoms with van der Waals surface area (Å²) in [6.07, 6.45) is 71.6. The van der Waals surface area contributed by atoms with Crippen molar-refractivity contribution in [2.45, 2.75) is 296 Å². The van der Waals surface area contributed by atoms with E-state index in [0.29, 0.717) is 6.42 Å². The van der Waals surface area contributed by atoms with Gasteiger partial charge in [-0.15, -0.1) is 0 Å². The molecular formula is C56H105NO3. The van der Waals surface area contributed by atoms with Gasteiger partial charge < -0.3 is 15.5 Å². The van der Waals surface area contributed by atoms with Crippen molar-refractivity contribution in [3.8, 4) is 0 Å². The van der Waals surface area contributed by atoms with Crippen LogP contribution in [0, 0.1) is 0 Å². The Morgan fingerprint density at radius 3 is 1.02 bits per heavy atom. The van der Waals surface area contributed by atoms with Crippen molar-refractivity contribution < 1.29 is 15.0 Å². The van der Waals surface area contributed by atoms with Gasteiger partial charge in [0.1, 0.15) is 0 Å². The highest BCUT2D eigenvalue weighted by Gasteiger charge is 2.18. The molecule has 0 aliphatic heterocycles. The molecule has 0 aromatic heterocycles. The molecule has 0 saturated carbocycles. The number of hydrogen-bond acceptors (Lipinski definition) is 3. The van der Waals surface area contributed by atoms with E-state index in [0.717, 1.165) is 38.5 Å². The number of nitrogens with one attached hydrogen (secondary N) is 1. The molecule has 3 N–H and O–H groups in total. The van der Waals surface area contributed by atoms with E-state index in [2.05, 4.69) is 55.6 Å². The predicted octanol–water partition coefficient (Wildman–Crippen LogP) is 17.5. The summed E-state index contributed by atoms with van der Waals surface area (Å²) >= 11 is 0. The van der Waals surface area contributed by atoms with E-state index in [9.17, 15) is 15.0 Å². The van der Waals surface area contributed by atoms with Crippen molar-refractivity contribution in [3.63, 3.8) is 0 Å². The first-order valence-electron chi connectivity index (χ1n) is 26.9. The van der Waals surface area contributed by atoms with Crippen LogP contribution in [-0.2, 0) is 4.79 Å². The van der Waals surface area contributed by atoms with Gasteiger partial charge in [-0.1, -0.05) is 268 Å². The lowest BCUT2D eigenvalue weighted by Crippen LogP contribution is -2.45. The van der Waals surface area contributed by atoms with Crippen molar-refractivity contribution in [2.24, 2.45) is 0 Å². The average Bonchev–Trinajstić information content (AvgIpc) is 3.25. The van der Waals surface area contributed by atoms with E-state index in [1.54, 1.807) is 6.08 Å².